The largest absolute Gasteiger partial charge is 0.495 e. The minimum absolute atomic E-state index is 0.0285. The van der Waals surface area contributed by atoms with Crippen LogP contribution in [0.25, 0.3) is 0 Å². The molecule has 4 heteroatoms. The molecule has 1 aliphatic rings. The molecule has 1 heterocycles. The predicted molar refractivity (Wildman–Crippen MR) is 73.1 cm³/mol. The van der Waals surface area contributed by atoms with Gasteiger partial charge >= 0.3 is 0 Å². The van der Waals surface area contributed by atoms with E-state index < -0.39 is 0 Å². The Bertz CT molecular complexity index is 391. The first-order valence-electron chi connectivity index (χ1n) is 6.41. The monoisotopic (exact) mass is 269 g/mol. The number of halogens is 1. The lowest BCUT2D eigenvalue weighted by molar-refractivity contribution is 0.00728. The summed E-state index contributed by atoms with van der Waals surface area (Å²) in [6.07, 6.45) is 4.65. The van der Waals surface area contributed by atoms with Gasteiger partial charge in [-0.15, -0.1) is 0 Å². The van der Waals surface area contributed by atoms with Crippen LogP contribution in [-0.4, -0.2) is 19.8 Å². The SMILES string of the molecule is COc1cc(C(N)CC2CCCCO2)ccc1Cl. The lowest BCUT2D eigenvalue weighted by Gasteiger charge is -2.25. The van der Waals surface area contributed by atoms with Crippen LogP contribution in [0.1, 0.15) is 37.3 Å². The fraction of sp³-hybridized carbons (Fsp3) is 0.571. The molecule has 100 valence electrons. The molecule has 0 amide bonds. The van der Waals surface area contributed by atoms with Gasteiger partial charge in [-0.05, 0) is 43.4 Å². The van der Waals surface area contributed by atoms with Crippen LogP contribution in [0.4, 0.5) is 0 Å². The van der Waals surface area contributed by atoms with Crippen LogP contribution >= 0.6 is 11.6 Å². The van der Waals surface area contributed by atoms with Gasteiger partial charge in [0.05, 0.1) is 18.2 Å². The van der Waals surface area contributed by atoms with Crippen LogP contribution < -0.4 is 10.5 Å². The Morgan fingerprint density at radius 1 is 1.50 bits per heavy atom. The van der Waals surface area contributed by atoms with Crippen LogP contribution in [0.5, 0.6) is 5.75 Å². The number of benzene rings is 1. The molecule has 0 radical (unpaired) electrons. The zero-order chi connectivity index (χ0) is 13.0. The molecule has 2 rings (SSSR count). The minimum Gasteiger partial charge on any atom is -0.495 e. The highest BCUT2D eigenvalue weighted by Crippen LogP contribution is 2.29. The first kappa shape index (κ1) is 13.7. The summed E-state index contributed by atoms with van der Waals surface area (Å²) in [5.41, 5.74) is 7.27. The van der Waals surface area contributed by atoms with E-state index in [-0.39, 0.29) is 12.1 Å². The molecule has 1 aliphatic heterocycles. The van der Waals surface area contributed by atoms with Crippen molar-refractivity contribution in [1.82, 2.24) is 0 Å². The van der Waals surface area contributed by atoms with Crippen molar-refractivity contribution >= 4 is 11.6 Å². The molecule has 0 saturated carbocycles. The van der Waals surface area contributed by atoms with E-state index in [1.807, 2.05) is 18.2 Å². The Hall–Kier alpha value is -0.770. The molecule has 2 N–H and O–H groups in total. The lowest BCUT2D eigenvalue weighted by atomic mass is 9.97. The molecule has 3 nitrogen and oxygen atoms in total. The molecular formula is C14H20ClNO2. The fourth-order valence-corrected chi connectivity index (χ4v) is 2.51. The Morgan fingerprint density at radius 3 is 3.00 bits per heavy atom. The van der Waals surface area contributed by atoms with Crippen molar-refractivity contribution in [1.29, 1.82) is 0 Å². The van der Waals surface area contributed by atoms with Crippen molar-refractivity contribution in [3.63, 3.8) is 0 Å². The number of methoxy groups -OCH3 is 1. The summed E-state index contributed by atoms with van der Waals surface area (Å²) in [4.78, 5) is 0. The first-order chi connectivity index (χ1) is 8.70. The van der Waals surface area contributed by atoms with Gasteiger partial charge in [0, 0.05) is 12.6 Å². The molecule has 0 aliphatic carbocycles. The third-order valence-electron chi connectivity index (χ3n) is 3.39. The second-order valence-corrected chi connectivity index (χ2v) is 5.13. The third-order valence-corrected chi connectivity index (χ3v) is 3.71. The standard InChI is InChI=1S/C14H20ClNO2/c1-17-14-8-10(5-6-12(14)15)13(16)9-11-4-2-3-7-18-11/h5-6,8,11,13H,2-4,7,9,16H2,1H3. The molecule has 1 aromatic rings. The van der Waals surface area contributed by atoms with Crippen LogP contribution in [0.3, 0.4) is 0 Å². The van der Waals surface area contributed by atoms with Crippen molar-refractivity contribution in [3.05, 3.63) is 28.8 Å². The fourth-order valence-electron chi connectivity index (χ4n) is 2.32. The summed E-state index contributed by atoms with van der Waals surface area (Å²) in [5, 5.41) is 0.613. The van der Waals surface area contributed by atoms with Gasteiger partial charge in [-0.2, -0.15) is 0 Å². The lowest BCUT2D eigenvalue weighted by Crippen LogP contribution is -2.24. The van der Waals surface area contributed by atoms with E-state index in [1.165, 1.54) is 12.8 Å². The van der Waals surface area contributed by atoms with E-state index in [9.17, 15) is 0 Å². The average molecular weight is 270 g/mol. The van der Waals surface area contributed by atoms with Crippen molar-refractivity contribution in [2.45, 2.75) is 37.8 Å². The van der Waals surface area contributed by atoms with Gasteiger partial charge in [0.25, 0.3) is 0 Å². The second-order valence-electron chi connectivity index (χ2n) is 4.72. The topological polar surface area (TPSA) is 44.5 Å². The molecule has 0 bridgehead atoms. The highest BCUT2D eigenvalue weighted by molar-refractivity contribution is 6.32. The Morgan fingerprint density at radius 2 is 2.33 bits per heavy atom. The smallest absolute Gasteiger partial charge is 0.137 e. The van der Waals surface area contributed by atoms with Gasteiger partial charge in [0.15, 0.2) is 0 Å². The Balaban J connectivity index is 2.01. The van der Waals surface area contributed by atoms with Crippen LogP contribution in [0, 0.1) is 0 Å². The van der Waals surface area contributed by atoms with Crippen molar-refractivity contribution in [3.8, 4) is 5.75 Å². The molecule has 2 unspecified atom stereocenters. The van der Waals surface area contributed by atoms with Gasteiger partial charge in [0.2, 0.25) is 0 Å². The van der Waals surface area contributed by atoms with E-state index in [4.69, 9.17) is 26.8 Å². The molecule has 1 fully saturated rings. The van der Waals surface area contributed by atoms with E-state index >= 15 is 0 Å². The number of hydrogen-bond donors (Lipinski definition) is 1. The number of rotatable bonds is 4. The number of ether oxygens (including phenoxy) is 2. The maximum absolute atomic E-state index is 6.22. The summed E-state index contributed by atoms with van der Waals surface area (Å²) in [6, 6.07) is 5.67. The van der Waals surface area contributed by atoms with Crippen LogP contribution in [-0.2, 0) is 4.74 Å². The van der Waals surface area contributed by atoms with Crippen LogP contribution in [0.15, 0.2) is 18.2 Å². The van der Waals surface area contributed by atoms with E-state index in [2.05, 4.69) is 0 Å². The minimum atomic E-state index is -0.0285. The van der Waals surface area contributed by atoms with Crippen molar-refractivity contribution in [2.24, 2.45) is 5.73 Å². The van der Waals surface area contributed by atoms with Crippen LogP contribution in [0.2, 0.25) is 5.02 Å². The summed E-state index contributed by atoms with van der Waals surface area (Å²) >= 11 is 6.00. The van der Waals surface area contributed by atoms with Gasteiger partial charge in [-0.25, -0.2) is 0 Å². The molecule has 0 spiro atoms. The normalized spacial score (nSPS) is 21.6. The number of hydrogen-bond acceptors (Lipinski definition) is 3. The third kappa shape index (κ3) is 3.37. The van der Waals surface area contributed by atoms with Crippen molar-refractivity contribution in [2.75, 3.05) is 13.7 Å². The zero-order valence-electron chi connectivity index (χ0n) is 10.7. The Kier molecular flexibility index (Phi) is 4.87. The number of nitrogens with two attached hydrogens (primary N) is 1. The molecular weight excluding hydrogens is 250 g/mol. The summed E-state index contributed by atoms with van der Waals surface area (Å²) in [5.74, 6) is 0.675. The molecule has 1 aromatic carbocycles. The molecule has 18 heavy (non-hydrogen) atoms. The van der Waals surface area contributed by atoms with E-state index in [0.717, 1.165) is 25.0 Å². The summed E-state index contributed by atoms with van der Waals surface area (Å²) in [6.45, 7) is 0.862. The predicted octanol–water partition coefficient (Wildman–Crippen LogP) is 3.31. The Labute approximate surface area is 113 Å². The van der Waals surface area contributed by atoms with Gasteiger partial charge in [-0.3, -0.25) is 0 Å². The van der Waals surface area contributed by atoms with Gasteiger partial charge < -0.3 is 15.2 Å². The maximum Gasteiger partial charge on any atom is 0.137 e. The zero-order valence-corrected chi connectivity index (χ0v) is 11.5. The molecule has 0 aromatic heterocycles. The highest BCUT2D eigenvalue weighted by atomic mass is 35.5. The molecule has 2 atom stereocenters. The summed E-state index contributed by atoms with van der Waals surface area (Å²) < 4.78 is 10.9. The quantitative estimate of drug-likeness (QED) is 0.912. The van der Waals surface area contributed by atoms with E-state index in [1.54, 1.807) is 7.11 Å². The summed E-state index contributed by atoms with van der Waals surface area (Å²) in [7, 11) is 1.61. The average Bonchev–Trinajstić information content (AvgIpc) is 2.40. The van der Waals surface area contributed by atoms with Gasteiger partial charge in [0.1, 0.15) is 5.75 Å². The first-order valence-corrected chi connectivity index (χ1v) is 6.79. The molecule has 1 saturated heterocycles. The maximum atomic E-state index is 6.22. The highest BCUT2D eigenvalue weighted by Gasteiger charge is 2.19. The second kappa shape index (κ2) is 6.41. The van der Waals surface area contributed by atoms with Crippen molar-refractivity contribution < 1.29 is 9.47 Å². The van der Waals surface area contributed by atoms with Gasteiger partial charge in [-0.1, -0.05) is 17.7 Å². The van der Waals surface area contributed by atoms with E-state index in [0.29, 0.717) is 10.8 Å².